The summed E-state index contributed by atoms with van der Waals surface area (Å²) in [6, 6.07) is 4.86. The van der Waals surface area contributed by atoms with Crippen LogP contribution in [0.15, 0.2) is 43.0 Å². The highest BCUT2D eigenvalue weighted by molar-refractivity contribution is 6.33. The first-order valence-electron chi connectivity index (χ1n) is 6.52. The summed E-state index contributed by atoms with van der Waals surface area (Å²) >= 11 is 6.01. The van der Waals surface area contributed by atoms with Gasteiger partial charge in [0.2, 0.25) is 5.91 Å². The summed E-state index contributed by atoms with van der Waals surface area (Å²) in [6.45, 7) is 4.95. The van der Waals surface area contributed by atoms with Crippen molar-refractivity contribution in [1.29, 1.82) is 0 Å². The molecule has 1 amide bonds. The van der Waals surface area contributed by atoms with E-state index in [0.717, 1.165) is 0 Å². The number of carbonyl (C=O) groups excluding carboxylic acids is 2. The van der Waals surface area contributed by atoms with Gasteiger partial charge in [-0.1, -0.05) is 36.4 Å². The van der Waals surface area contributed by atoms with Gasteiger partial charge in [-0.3, -0.25) is 9.59 Å². The highest BCUT2D eigenvalue weighted by atomic mass is 35.5. The number of nitrogens with one attached hydrogen (secondary N) is 1. The van der Waals surface area contributed by atoms with Gasteiger partial charge in [0, 0.05) is 19.4 Å². The first kappa shape index (κ1) is 17.0. The highest BCUT2D eigenvalue weighted by Crippen LogP contribution is 2.26. The second-order valence-corrected chi connectivity index (χ2v) is 4.76. The van der Waals surface area contributed by atoms with E-state index in [1.807, 2.05) is 6.08 Å². The van der Waals surface area contributed by atoms with Gasteiger partial charge in [-0.15, -0.1) is 0 Å². The first-order valence-corrected chi connectivity index (χ1v) is 6.90. The average molecular weight is 308 g/mol. The normalized spacial score (nSPS) is 10.4. The number of halogens is 1. The lowest BCUT2D eigenvalue weighted by Crippen LogP contribution is -2.11. The molecule has 0 aliphatic carbocycles. The maximum absolute atomic E-state index is 11.6. The molecule has 0 saturated carbocycles. The zero-order chi connectivity index (χ0) is 15.7. The van der Waals surface area contributed by atoms with E-state index in [0.29, 0.717) is 29.3 Å². The number of allylic oxidation sites excluding steroid dienone is 3. The van der Waals surface area contributed by atoms with Crippen molar-refractivity contribution in [1.82, 2.24) is 0 Å². The molecule has 0 aromatic heterocycles. The molecule has 0 heterocycles. The van der Waals surface area contributed by atoms with Gasteiger partial charge in [0.1, 0.15) is 12.4 Å². The van der Waals surface area contributed by atoms with Crippen molar-refractivity contribution in [2.45, 2.75) is 19.8 Å². The molecule has 21 heavy (non-hydrogen) atoms. The first-order chi connectivity index (χ1) is 10.0. The van der Waals surface area contributed by atoms with Crippen molar-refractivity contribution < 1.29 is 14.3 Å². The van der Waals surface area contributed by atoms with Crippen LogP contribution in [0.4, 0.5) is 5.69 Å². The van der Waals surface area contributed by atoms with Gasteiger partial charge in [-0.05, 0) is 18.6 Å². The van der Waals surface area contributed by atoms with Crippen LogP contribution in [0.3, 0.4) is 0 Å². The third-order valence-corrected chi connectivity index (χ3v) is 2.83. The number of ether oxygens (including phenoxy) is 1. The fourth-order valence-corrected chi connectivity index (χ4v) is 1.77. The molecule has 0 saturated heterocycles. The van der Waals surface area contributed by atoms with Gasteiger partial charge >= 0.3 is 0 Å². The van der Waals surface area contributed by atoms with E-state index in [1.54, 1.807) is 30.4 Å². The van der Waals surface area contributed by atoms with Crippen LogP contribution in [0.1, 0.15) is 19.8 Å². The van der Waals surface area contributed by atoms with Crippen LogP contribution in [-0.4, -0.2) is 18.3 Å². The molecule has 0 bridgehead atoms. The molecule has 1 rings (SSSR count). The molecule has 0 atom stereocenters. The van der Waals surface area contributed by atoms with E-state index in [-0.39, 0.29) is 18.3 Å². The summed E-state index contributed by atoms with van der Waals surface area (Å²) in [5, 5.41) is 2.96. The Balaban J connectivity index is 2.46. The Morgan fingerprint density at radius 3 is 2.81 bits per heavy atom. The number of benzene rings is 1. The van der Waals surface area contributed by atoms with Crippen LogP contribution in [-0.2, 0) is 9.59 Å². The molecular formula is C16H18ClNO3. The summed E-state index contributed by atoms with van der Waals surface area (Å²) in [7, 11) is 0. The van der Waals surface area contributed by atoms with Gasteiger partial charge in [0.05, 0.1) is 10.7 Å². The molecule has 0 spiro atoms. The lowest BCUT2D eigenvalue weighted by molar-refractivity contribution is -0.121. The Hall–Kier alpha value is -2.07. The predicted octanol–water partition coefficient (Wildman–Crippen LogP) is 3.77. The van der Waals surface area contributed by atoms with Crippen molar-refractivity contribution in [2.24, 2.45) is 0 Å². The van der Waals surface area contributed by atoms with Crippen molar-refractivity contribution in [3.8, 4) is 5.75 Å². The molecule has 112 valence electrons. The van der Waals surface area contributed by atoms with Crippen LogP contribution in [0.2, 0.25) is 5.02 Å². The Bertz CT molecular complexity index is 552. The minimum absolute atomic E-state index is 0.00224. The molecule has 0 aliphatic rings. The van der Waals surface area contributed by atoms with Crippen LogP contribution >= 0.6 is 11.6 Å². The number of amides is 1. The SMILES string of the molecule is C=C/C=C\CCC(=O)COc1ccc(NC(C)=O)c(Cl)c1. The number of hydrogen-bond acceptors (Lipinski definition) is 3. The summed E-state index contributed by atoms with van der Waals surface area (Å²) in [4.78, 5) is 22.6. The quantitative estimate of drug-likeness (QED) is 0.744. The third kappa shape index (κ3) is 6.77. The Morgan fingerprint density at radius 2 is 2.19 bits per heavy atom. The summed E-state index contributed by atoms with van der Waals surface area (Å²) in [6.07, 6.45) is 6.43. The Morgan fingerprint density at radius 1 is 1.43 bits per heavy atom. The lowest BCUT2D eigenvalue weighted by atomic mass is 10.2. The number of Topliss-reactive ketones (excluding diaryl/α,β-unsaturated/α-hetero) is 1. The second kappa shape index (κ2) is 8.97. The smallest absolute Gasteiger partial charge is 0.221 e. The van der Waals surface area contributed by atoms with Crippen LogP contribution in [0.25, 0.3) is 0 Å². The topological polar surface area (TPSA) is 55.4 Å². The molecule has 1 N–H and O–H groups in total. The van der Waals surface area contributed by atoms with Crippen LogP contribution in [0.5, 0.6) is 5.75 Å². The number of anilines is 1. The molecular weight excluding hydrogens is 290 g/mol. The van der Waals surface area contributed by atoms with Gasteiger partial charge < -0.3 is 10.1 Å². The molecule has 1 aromatic carbocycles. The number of ketones is 1. The summed E-state index contributed by atoms with van der Waals surface area (Å²) < 4.78 is 5.37. The maximum atomic E-state index is 11.6. The largest absolute Gasteiger partial charge is 0.486 e. The number of hydrogen-bond donors (Lipinski definition) is 1. The maximum Gasteiger partial charge on any atom is 0.221 e. The molecule has 1 aromatic rings. The monoisotopic (exact) mass is 307 g/mol. The van der Waals surface area contributed by atoms with Crippen molar-refractivity contribution >= 4 is 29.0 Å². The number of rotatable bonds is 8. The van der Waals surface area contributed by atoms with Gasteiger partial charge in [-0.25, -0.2) is 0 Å². The van der Waals surface area contributed by atoms with E-state index in [9.17, 15) is 9.59 Å². The van der Waals surface area contributed by atoms with Gasteiger partial charge in [0.25, 0.3) is 0 Å². The van der Waals surface area contributed by atoms with E-state index in [2.05, 4.69) is 11.9 Å². The van der Waals surface area contributed by atoms with Crippen molar-refractivity contribution in [3.63, 3.8) is 0 Å². The average Bonchev–Trinajstić information content (AvgIpc) is 2.43. The van der Waals surface area contributed by atoms with Crippen molar-refractivity contribution in [2.75, 3.05) is 11.9 Å². The van der Waals surface area contributed by atoms with Crippen LogP contribution in [0, 0.1) is 0 Å². The minimum atomic E-state index is -0.201. The standard InChI is InChI=1S/C16H18ClNO3/c1-3-4-5-6-7-13(20)11-21-14-8-9-16(15(17)10-14)18-12(2)19/h3-5,8-10H,1,6-7,11H2,2H3,(H,18,19)/b5-4-. The molecule has 0 aliphatic heterocycles. The Kier molecular flexibility index (Phi) is 7.26. The van der Waals surface area contributed by atoms with E-state index >= 15 is 0 Å². The lowest BCUT2D eigenvalue weighted by Gasteiger charge is -2.09. The second-order valence-electron chi connectivity index (χ2n) is 4.35. The molecule has 5 heteroatoms. The zero-order valence-electron chi connectivity index (χ0n) is 11.9. The number of carbonyl (C=O) groups is 2. The minimum Gasteiger partial charge on any atom is -0.486 e. The molecule has 0 fully saturated rings. The summed E-state index contributed by atoms with van der Waals surface area (Å²) in [5.41, 5.74) is 0.511. The van der Waals surface area contributed by atoms with Crippen molar-refractivity contribution in [3.05, 3.63) is 48.0 Å². The van der Waals surface area contributed by atoms with E-state index < -0.39 is 0 Å². The van der Waals surface area contributed by atoms with Crippen LogP contribution < -0.4 is 10.1 Å². The van der Waals surface area contributed by atoms with Gasteiger partial charge in [0.15, 0.2) is 5.78 Å². The summed E-state index contributed by atoms with van der Waals surface area (Å²) in [5.74, 6) is 0.295. The zero-order valence-corrected chi connectivity index (χ0v) is 12.7. The molecule has 0 radical (unpaired) electrons. The van der Waals surface area contributed by atoms with E-state index in [4.69, 9.17) is 16.3 Å². The third-order valence-electron chi connectivity index (χ3n) is 2.51. The van der Waals surface area contributed by atoms with Gasteiger partial charge in [-0.2, -0.15) is 0 Å². The highest BCUT2D eigenvalue weighted by Gasteiger charge is 2.06. The predicted molar refractivity (Wildman–Crippen MR) is 84.8 cm³/mol. The molecule has 4 nitrogen and oxygen atoms in total. The Labute approximate surface area is 129 Å². The van der Waals surface area contributed by atoms with E-state index in [1.165, 1.54) is 6.92 Å². The fraction of sp³-hybridized carbons (Fsp3) is 0.250. The fourth-order valence-electron chi connectivity index (χ4n) is 1.55. The molecule has 0 unspecified atom stereocenters.